The van der Waals surface area contributed by atoms with Crippen LogP contribution in [0.25, 0.3) is 91.4 Å². The molecular weight excluding hydrogens is 645 g/mol. The van der Waals surface area contributed by atoms with Gasteiger partial charge in [-0.2, -0.15) is 0 Å². The van der Waals surface area contributed by atoms with Crippen LogP contribution < -0.4 is 0 Å². The maximum atomic E-state index is 2.45. The molecule has 246 valence electrons. The molecule has 1 heteroatoms. The molecule has 0 unspecified atom stereocenters. The number of hydrogen-bond donors (Lipinski definition) is 0. The molecule has 0 saturated carbocycles. The van der Waals surface area contributed by atoms with Crippen molar-refractivity contribution in [1.82, 2.24) is 0 Å². The van der Waals surface area contributed by atoms with Crippen LogP contribution in [0.1, 0.15) is 43.4 Å². The van der Waals surface area contributed by atoms with Gasteiger partial charge >= 0.3 is 0 Å². The summed E-state index contributed by atoms with van der Waals surface area (Å²) in [6, 6.07) is 52.8. The molecule has 0 amide bonds. The molecule has 1 heterocycles. The second-order valence-corrected chi connectivity index (χ2v) is 16.2. The number of benzene rings is 8. The predicted octanol–water partition coefficient (Wildman–Crippen LogP) is 14.9. The van der Waals surface area contributed by atoms with Crippen LogP contribution in [0.15, 0.2) is 158 Å². The van der Waals surface area contributed by atoms with Crippen molar-refractivity contribution in [3.05, 3.63) is 174 Å². The standard InChI is InChI=1S/C51H36S/c1-51(2)44-27-23-33(30-43(44)41-25-24-39-40(50(41)51)26-28-46-49(39)42-21-10-11-22-45(42)52-46)32-15-12-16-34(29-32)48-37-19-8-6-17-35(37)47(31-13-4-3-5-14-31)36-18-7-9-20-38(36)48/h3-4,6-13,15-30H,5,14H2,1-2H3. The van der Waals surface area contributed by atoms with Crippen LogP contribution in [0.4, 0.5) is 0 Å². The van der Waals surface area contributed by atoms with Crippen molar-refractivity contribution in [2.24, 2.45) is 0 Å². The Labute approximate surface area is 308 Å². The Hall–Kier alpha value is -5.76. The minimum absolute atomic E-state index is 0.104. The van der Waals surface area contributed by atoms with Crippen LogP contribution in [0.2, 0.25) is 0 Å². The molecule has 0 fully saturated rings. The summed E-state index contributed by atoms with van der Waals surface area (Å²) in [5.74, 6) is 0. The number of allylic oxidation sites excluding steroid dienone is 4. The number of fused-ring (bicyclic) bond motifs is 11. The summed E-state index contributed by atoms with van der Waals surface area (Å²) < 4.78 is 2.72. The highest BCUT2D eigenvalue weighted by molar-refractivity contribution is 7.26. The molecule has 0 saturated heterocycles. The first-order chi connectivity index (χ1) is 25.6. The van der Waals surface area contributed by atoms with Gasteiger partial charge in [0.15, 0.2) is 0 Å². The fraction of sp³-hybridized carbons (Fsp3) is 0.0980. The van der Waals surface area contributed by atoms with E-state index in [2.05, 4.69) is 172 Å². The maximum absolute atomic E-state index is 2.45. The monoisotopic (exact) mass is 680 g/mol. The summed E-state index contributed by atoms with van der Waals surface area (Å²) in [7, 11) is 0. The van der Waals surface area contributed by atoms with Gasteiger partial charge in [-0.15, -0.1) is 11.3 Å². The normalized spacial score (nSPS) is 14.8. The maximum Gasteiger partial charge on any atom is 0.0361 e. The van der Waals surface area contributed by atoms with Crippen molar-refractivity contribution in [2.75, 3.05) is 0 Å². The van der Waals surface area contributed by atoms with E-state index in [4.69, 9.17) is 0 Å². The summed E-state index contributed by atoms with van der Waals surface area (Å²) in [6.45, 7) is 4.82. The van der Waals surface area contributed by atoms with Gasteiger partial charge in [-0.25, -0.2) is 0 Å². The topological polar surface area (TPSA) is 0 Å². The molecular formula is C51H36S. The van der Waals surface area contributed by atoms with Crippen molar-refractivity contribution in [3.63, 3.8) is 0 Å². The molecule has 52 heavy (non-hydrogen) atoms. The first-order valence-electron chi connectivity index (χ1n) is 18.5. The largest absolute Gasteiger partial charge is 0.135 e. The minimum Gasteiger partial charge on any atom is -0.135 e. The summed E-state index contributed by atoms with van der Waals surface area (Å²) >= 11 is 1.90. The highest BCUT2D eigenvalue weighted by Crippen LogP contribution is 2.54. The van der Waals surface area contributed by atoms with Gasteiger partial charge in [0.2, 0.25) is 0 Å². The van der Waals surface area contributed by atoms with Crippen molar-refractivity contribution in [1.29, 1.82) is 0 Å². The lowest BCUT2D eigenvalue weighted by Gasteiger charge is -2.23. The van der Waals surface area contributed by atoms with Gasteiger partial charge in [-0.3, -0.25) is 0 Å². The van der Waals surface area contributed by atoms with Gasteiger partial charge in [0.25, 0.3) is 0 Å². The Balaban J connectivity index is 1.08. The fourth-order valence-electron chi connectivity index (χ4n) is 9.60. The van der Waals surface area contributed by atoms with E-state index in [0.717, 1.165) is 12.8 Å². The fourth-order valence-corrected chi connectivity index (χ4v) is 10.7. The summed E-state index contributed by atoms with van der Waals surface area (Å²) in [5.41, 5.74) is 13.4. The molecule has 2 aliphatic rings. The van der Waals surface area contributed by atoms with Gasteiger partial charge in [0.1, 0.15) is 0 Å². The van der Waals surface area contributed by atoms with Crippen LogP contribution in [-0.4, -0.2) is 0 Å². The van der Waals surface area contributed by atoms with Crippen LogP contribution in [-0.2, 0) is 5.41 Å². The van der Waals surface area contributed by atoms with Crippen LogP contribution in [0.3, 0.4) is 0 Å². The Morgan fingerprint density at radius 1 is 0.500 bits per heavy atom. The molecule has 0 radical (unpaired) electrons. The lowest BCUT2D eigenvalue weighted by atomic mass is 9.79. The Morgan fingerprint density at radius 3 is 1.92 bits per heavy atom. The molecule has 0 atom stereocenters. The van der Waals surface area contributed by atoms with Gasteiger partial charge < -0.3 is 0 Å². The van der Waals surface area contributed by atoms with E-state index in [0.29, 0.717) is 0 Å². The van der Waals surface area contributed by atoms with E-state index < -0.39 is 0 Å². The molecule has 8 aromatic carbocycles. The van der Waals surface area contributed by atoms with Gasteiger partial charge in [0.05, 0.1) is 0 Å². The third-order valence-electron chi connectivity index (χ3n) is 11.9. The second-order valence-electron chi connectivity index (χ2n) is 15.1. The van der Waals surface area contributed by atoms with Crippen LogP contribution in [0, 0.1) is 0 Å². The zero-order valence-corrected chi connectivity index (χ0v) is 30.2. The molecule has 9 aromatic rings. The van der Waals surface area contributed by atoms with Gasteiger partial charge in [0, 0.05) is 25.6 Å². The smallest absolute Gasteiger partial charge is 0.0361 e. The molecule has 11 rings (SSSR count). The number of hydrogen-bond acceptors (Lipinski definition) is 1. The van der Waals surface area contributed by atoms with Crippen molar-refractivity contribution in [3.8, 4) is 33.4 Å². The average Bonchev–Trinajstić information content (AvgIpc) is 3.69. The molecule has 1 aromatic heterocycles. The lowest BCUT2D eigenvalue weighted by molar-refractivity contribution is 0.666. The molecule has 0 bridgehead atoms. The van der Waals surface area contributed by atoms with E-state index in [9.17, 15) is 0 Å². The third-order valence-corrected chi connectivity index (χ3v) is 13.0. The van der Waals surface area contributed by atoms with Crippen molar-refractivity contribution >= 4 is 69.4 Å². The van der Waals surface area contributed by atoms with Crippen LogP contribution in [0.5, 0.6) is 0 Å². The Bertz CT molecular complexity index is 2980. The van der Waals surface area contributed by atoms with E-state index in [1.54, 1.807) is 0 Å². The first kappa shape index (κ1) is 29.9. The van der Waals surface area contributed by atoms with E-state index in [-0.39, 0.29) is 5.41 Å². The molecule has 2 aliphatic carbocycles. The second kappa shape index (κ2) is 11.1. The Kier molecular flexibility index (Phi) is 6.40. The molecule has 0 N–H and O–H groups in total. The van der Waals surface area contributed by atoms with Crippen molar-refractivity contribution < 1.29 is 0 Å². The van der Waals surface area contributed by atoms with E-state index in [1.165, 1.54) is 108 Å². The zero-order valence-electron chi connectivity index (χ0n) is 29.3. The quantitative estimate of drug-likeness (QED) is 0.163. The average molecular weight is 681 g/mol. The Morgan fingerprint density at radius 2 is 1.17 bits per heavy atom. The van der Waals surface area contributed by atoms with E-state index in [1.807, 2.05) is 11.3 Å². The highest BCUT2D eigenvalue weighted by atomic mass is 32.1. The molecule has 0 aliphatic heterocycles. The number of rotatable bonds is 3. The van der Waals surface area contributed by atoms with Crippen LogP contribution >= 0.6 is 11.3 Å². The summed E-state index contributed by atoms with van der Waals surface area (Å²) in [4.78, 5) is 0. The SMILES string of the molecule is CC1(C)c2ccc(-c3cccc(-c4c5ccccc5c(C5=CC=CCC5)c5ccccc45)c3)cc2-c2ccc3c(ccc4sc5ccccc5c43)c21. The lowest BCUT2D eigenvalue weighted by Crippen LogP contribution is -2.15. The summed E-state index contributed by atoms with van der Waals surface area (Å²) in [5, 5.41) is 10.8. The minimum atomic E-state index is -0.104. The van der Waals surface area contributed by atoms with Gasteiger partial charge in [-0.1, -0.05) is 147 Å². The first-order valence-corrected chi connectivity index (χ1v) is 19.3. The predicted molar refractivity (Wildman–Crippen MR) is 227 cm³/mol. The highest BCUT2D eigenvalue weighted by Gasteiger charge is 2.37. The molecule has 0 nitrogen and oxygen atoms in total. The number of thiophene rings is 1. The zero-order chi connectivity index (χ0) is 34.6. The van der Waals surface area contributed by atoms with Crippen molar-refractivity contribution in [2.45, 2.75) is 32.1 Å². The van der Waals surface area contributed by atoms with Gasteiger partial charge in [-0.05, 0) is 125 Å². The van der Waals surface area contributed by atoms with E-state index >= 15 is 0 Å². The summed E-state index contributed by atoms with van der Waals surface area (Å²) in [6.07, 6.45) is 8.98. The molecule has 0 spiro atoms. The third kappa shape index (κ3) is 4.21.